The van der Waals surface area contributed by atoms with Crippen molar-refractivity contribution in [2.45, 2.75) is 38.1 Å². The molecule has 0 atom stereocenters. The number of amides is 1. The minimum atomic E-state index is -0.151. The average molecular weight is 270 g/mol. The molecule has 1 heterocycles. The van der Waals surface area contributed by atoms with Crippen LogP contribution in [0.2, 0.25) is 0 Å². The number of nitrogens with one attached hydrogen (secondary N) is 1. The van der Waals surface area contributed by atoms with E-state index < -0.39 is 0 Å². The van der Waals surface area contributed by atoms with E-state index in [0.29, 0.717) is 11.2 Å². The van der Waals surface area contributed by atoms with Gasteiger partial charge in [0.1, 0.15) is 17.0 Å². The third-order valence-electron chi connectivity index (χ3n) is 3.87. The van der Waals surface area contributed by atoms with E-state index in [4.69, 9.17) is 0 Å². The quantitative estimate of drug-likeness (QED) is 0.881. The van der Waals surface area contributed by atoms with Crippen molar-refractivity contribution in [1.29, 1.82) is 0 Å². The molecular formula is C16H18N2O2. The van der Waals surface area contributed by atoms with E-state index in [9.17, 15) is 9.90 Å². The van der Waals surface area contributed by atoms with Crippen molar-refractivity contribution < 1.29 is 9.90 Å². The molecule has 104 valence electrons. The Balaban J connectivity index is 1.82. The van der Waals surface area contributed by atoms with Crippen molar-refractivity contribution in [1.82, 2.24) is 10.3 Å². The molecule has 1 fully saturated rings. The van der Waals surface area contributed by atoms with Crippen molar-refractivity contribution in [3.8, 4) is 5.75 Å². The molecule has 0 bridgehead atoms. The van der Waals surface area contributed by atoms with Gasteiger partial charge in [0.2, 0.25) is 0 Å². The first kappa shape index (κ1) is 12.9. The van der Waals surface area contributed by atoms with Crippen LogP contribution in [0.4, 0.5) is 0 Å². The molecule has 0 saturated heterocycles. The van der Waals surface area contributed by atoms with Gasteiger partial charge in [-0.2, -0.15) is 0 Å². The summed E-state index contributed by atoms with van der Waals surface area (Å²) in [5.74, 6) is -0.0446. The van der Waals surface area contributed by atoms with Crippen LogP contribution in [-0.2, 0) is 0 Å². The number of carbonyl (C=O) groups is 1. The van der Waals surface area contributed by atoms with E-state index in [2.05, 4.69) is 10.3 Å². The zero-order valence-electron chi connectivity index (χ0n) is 11.3. The van der Waals surface area contributed by atoms with Crippen molar-refractivity contribution >= 4 is 16.8 Å². The molecule has 1 aromatic heterocycles. The highest BCUT2D eigenvalue weighted by molar-refractivity contribution is 5.96. The first-order chi connectivity index (χ1) is 9.74. The highest BCUT2D eigenvalue weighted by Crippen LogP contribution is 2.23. The lowest BCUT2D eigenvalue weighted by molar-refractivity contribution is 0.0923. The van der Waals surface area contributed by atoms with Crippen LogP contribution in [0.3, 0.4) is 0 Å². The van der Waals surface area contributed by atoms with Gasteiger partial charge < -0.3 is 10.4 Å². The van der Waals surface area contributed by atoms with Gasteiger partial charge in [-0.3, -0.25) is 4.79 Å². The molecule has 2 N–H and O–H groups in total. The molecule has 1 aliphatic carbocycles. The number of aromatic hydroxyl groups is 1. The summed E-state index contributed by atoms with van der Waals surface area (Å²) in [4.78, 5) is 16.5. The minimum absolute atomic E-state index is 0.106. The van der Waals surface area contributed by atoms with E-state index in [0.717, 1.165) is 18.2 Å². The van der Waals surface area contributed by atoms with Crippen LogP contribution in [0.15, 0.2) is 30.3 Å². The summed E-state index contributed by atoms with van der Waals surface area (Å²) in [5.41, 5.74) is 0.841. The van der Waals surface area contributed by atoms with Crippen LogP contribution in [0.5, 0.6) is 5.75 Å². The number of rotatable bonds is 2. The number of hydrogen-bond acceptors (Lipinski definition) is 3. The molecule has 0 radical (unpaired) electrons. The van der Waals surface area contributed by atoms with Crippen molar-refractivity contribution in [2.24, 2.45) is 0 Å². The first-order valence-corrected chi connectivity index (χ1v) is 7.13. The van der Waals surface area contributed by atoms with Crippen molar-refractivity contribution in [3.63, 3.8) is 0 Å². The number of nitrogens with zero attached hydrogens (tertiary/aromatic N) is 1. The van der Waals surface area contributed by atoms with Gasteiger partial charge in [-0.05, 0) is 25.0 Å². The minimum Gasteiger partial charge on any atom is -0.506 e. The Morgan fingerprint density at radius 3 is 2.75 bits per heavy atom. The van der Waals surface area contributed by atoms with Gasteiger partial charge >= 0.3 is 0 Å². The van der Waals surface area contributed by atoms with E-state index in [1.807, 2.05) is 12.1 Å². The number of benzene rings is 1. The number of hydrogen-bond donors (Lipinski definition) is 2. The number of para-hydroxylation sites is 1. The highest BCUT2D eigenvalue weighted by atomic mass is 16.3. The van der Waals surface area contributed by atoms with Crippen LogP contribution < -0.4 is 5.32 Å². The van der Waals surface area contributed by atoms with E-state index in [1.54, 1.807) is 18.2 Å². The Bertz CT molecular complexity index is 633. The maximum absolute atomic E-state index is 12.2. The van der Waals surface area contributed by atoms with Gasteiger partial charge in [0.15, 0.2) is 0 Å². The molecule has 1 aliphatic rings. The molecular weight excluding hydrogens is 252 g/mol. The molecule has 4 heteroatoms. The van der Waals surface area contributed by atoms with Gasteiger partial charge in [-0.15, -0.1) is 0 Å². The Morgan fingerprint density at radius 1 is 1.15 bits per heavy atom. The van der Waals surface area contributed by atoms with Gasteiger partial charge in [-0.1, -0.05) is 37.5 Å². The lowest BCUT2D eigenvalue weighted by atomic mass is 9.95. The lowest BCUT2D eigenvalue weighted by Crippen LogP contribution is -2.36. The van der Waals surface area contributed by atoms with Gasteiger partial charge in [0.05, 0.1) is 0 Å². The largest absolute Gasteiger partial charge is 0.506 e. The van der Waals surface area contributed by atoms with E-state index in [-0.39, 0.29) is 17.7 Å². The summed E-state index contributed by atoms with van der Waals surface area (Å²) in [6.07, 6.45) is 5.71. The van der Waals surface area contributed by atoms with Crippen molar-refractivity contribution in [2.75, 3.05) is 0 Å². The van der Waals surface area contributed by atoms with Crippen LogP contribution >= 0.6 is 0 Å². The molecule has 0 spiro atoms. The van der Waals surface area contributed by atoms with E-state index >= 15 is 0 Å². The third-order valence-corrected chi connectivity index (χ3v) is 3.87. The fraction of sp³-hybridized carbons (Fsp3) is 0.375. The number of phenols is 1. The molecule has 3 rings (SSSR count). The molecule has 1 aromatic carbocycles. The number of carbonyl (C=O) groups excluding carboxylic acids is 1. The molecule has 20 heavy (non-hydrogen) atoms. The highest BCUT2D eigenvalue weighted by Gasteiger charge is 2.17. The summed E-state index contributed by atoms with van der Waals surface area (Å²) in [6, 6.07) is 9.00. The topological polar surface area (TPSA) is 62.2 Å². The Hall–Kier alpha value is -2.10. The zero-order valence-corrected chi connectivity index (χ0v) is 11.3. The molecule has 2 aromatic rings. The van der Waals surface area contributed by atoms with E-state index in [1.165, 1.54) is 19.3 Å². The van der Waals surface area contributed by atoms with Crippen LogP contribution in [0, 0.1) is 0 Å². The monoisotopic (exact) mass is 270 g/mol. The number of pyridine rings is 1. The number of fused-ring (bicyclic) bond motifs is 1. The Morgan fingerprint density at radius 2 is 1.95 bits per heavy atom. The maximum atomic E-state index is 12.2. The summed E-state index contributed by atoms with van der Waals surface area (Å²) >= 11 is 0. The Kier molecular flexibility index (Phi) is 3.54. The molecule has 1 amide bonds. The third kappa shape index (κ3) is 2.59. The standard InChI is InChI=1S/C16H18N2O2/c19-14-8-4-5-11-9-10-13(18-15(11)14)16(20)17-12-6-2-1-3-7-12/h4-5,8-10,12,19H,1-3,6-7H2,(H,17,20). The predicted octanol–water partition coefficient (Wildman–Crippen LogP) is 3.00. The first-order valence-electron chi connectivity index (χ1n) is 7.13. The molecule has 0 unspecified atom stereocenters. The molecule has 4 nitrogen and oxygen atoms in total. The second-order valence-electron chi connectivity index (χ2n) is 5.35. The zero-order chi connectivity index (χ0) is 13.9. The maximum Gasteiger partial charge on any atom is 0.270 e. The summed E-state index contributed by atoms with van der Waals surface area (Å²) in [5, 5.41) is 13.7. The van der Waals surface area contributed by atoms with Gasteiger partial charge in [0.25, 0.3) is 5.91 Å². The normalized spacial score (nSPS) is 16.2. The number of aromatic nitrogens is 1. The van der Waals surface area contributed by atoms with Gasteiger partial charge in [-0.25, -0.2) is 4.98 Å². The average Bonchev–Trinajstić information content (AvgIpc) is 2.48. The van der Waals surface area contributed by atoms with Crippen LogP contribution in [0.1, 0.15) is 42.6 Å². The molecule has 0 aliphatic heterocycles. The second kappa shape index (κ2) is 5.49. The predicted molar refractivity (Wildman–Crippen MR) is 77.7 cm³/mol. The van der Waals surface area contributed by atoms with Crippen LogP contribution in [-0.4, -0.2) is 22.0 Å². The lowest BCUT2D eigenvalue weighted by Gasteiger charge is -2.22. The summed E-state index contributed by atoms with van der Waals surface area (Å²) in [7, 11) is 0. The van der Waals surface area contributed by atoms with Crippen LogP contribution in [0.25, 0.3) is 10.9 Å². The summed E-state index contributed by atoms with van der Waals surface area (Å²) in [6.45, 7) is 0. The fourth-order valence-corrected chi connectivity index (χ4v) is 2.76. The molecule has 1 saturated carbocycles. The smallest absolute Gasteiger partial charge is 0.270 e. The fourth-order valence-electron chi connectivity index (χ4n) is 2.76. The SMILES string of the molecule is O=C(NC1CCCCC1)c1ccc2cccc(O)c2n1. The second-order valence-corrected chi connectivity index (χ2v) is 5.35. The summed E-state index contributed by atoms with van der Waals surface area (Å²) < 4.78 is 0. The number of phenolic OH excluding ortho intramolecular Hbond substituents is 1. The van der Waals surface area contributed by atoms with Gasteiger partial charge in [0, 0.05) is 11.4 Å². The van der Waals surface area contributed by atoms with Crippen molar-refractivity contribution in [3.05, 3.63) is 36.0 Å². The Labute approximate surface area is 117 Å².